The first kappa shape index (κ1) is 40.8. The molecule has 0 aromatic heterocycles. The summed E-state index contributed by atoms with van der Waals surface area (Å²) in [5.74, 6) is 0.612. The number of carbonyl (C=O) groups is 4. The van der Waals surface area contributed by atoms with Crippen molar-refractivity contribution < 1.29 is 33.8 Å². The summed E-state index contributed by atoms with van der Waals surface area (Å²) in [4.78, 5) is 56.6. The number of benzene rings is 2. The topological polar surface area (TPSA) is 132 Å². The number of esters is 1. The van der Waals surface area contributed by atoms with Crippen LogP contribution in [-0.2, 0) is 31.9 Å². The van der Waals surface area contributed by atoms with E-state index >= 15 is 0 Å². The number of ether oxygens (including phenoxy) is 2. The summed E-state index contributed by atoms with van der Waals surface area (Å²) in [5, 5.41) is 12.9. The van der Waals surface area contributed by atoms with E-state index in [2.05, 4.69) is 48.1 Å². The van der Waals surface area contributed by atoms with E-state index in [1.165, 1.54) is 19.8 Å². The summed E-state index contributed by atoms with van der Waals surface area (Å²) in [6.07, 6.45) is 7.43. The molecule has 0 unspecified atom stereocenters. The van der Waals surface area contributed by atoms with Gasteiger partial charge in [-0.2, -0.15) is 0 Å². The predicted octanol–water partition coefficient (Wildman–Crippen LogP) is 6.67. The molecule has 2 N–H and O–H groups in total. The highest BCUT2D eigenvalue weighted by molar-refractivity contribution is 9.11. The maximum absolute atomic E-state index is 13.0. The van der Waals surface area contributed by atoms with Crippen molar-refractivity contribution in [1.29, 1.82) is 0 Å². The van der Waals surface area contributed by atoms with E-state index in [0.29, 0.717) is 53.4 Å². The van der Waals surface area contributed by atoms with Crippen LogP contribution in [0.25, 0.3) is 0 Å². The first-order valence-corrected chi connectivity index (χ1v) is 20.3. The number of piperidine rings is 3. The fourth-order valence-corrected chi connectivity index (χ4v) is 9.29. The number of carbonyl (C=O) groups excluding carboxylic acids is 4. The summed E-state index contributed by atoms with van der Waals surface area (Å²) in [7, 11) is 2.85. The lowest BCUT2D eigenvalue weighted by Gasteiger charge is -2.42. The molecule has 0 aliphatic carbocycles. The second kappa shape index (κ2) is 19.3. The monoisotopic (exact) mass is 861 g/mol. The SMILES string of the molecule is COC(=O)CC1CCN(C2CCN(C(=O)[C@H](C)Cc3cc(Br)c(O)c(Br)c3)CC2)CC1.COC(=O)N1CCC(N2CCc3ccccc3NC2=O)CC1. The largest absolute Gasteiger partial charge is 0.506 e. The number of urea groups is 1. The summed E-state index contributed by atoms with van der Waals surface area (Å²) >= 11 is 6.72. The molecule has 4 aliphatic rings. The average molecular weight is 864 g/mol. The molecule has 1 atom stereocenters. The Bertz CT molecular complexity index is 1560. The number of phenolic OH excluding ortho intramolecular Hbond substituents is 1. The van der Waals surface area contributed by atoms with Crippen LogP contribution >= 0.6 is 31.9 Å². The van der Waals surface area contributed by atoms with E-state index in [1.54, 1.807) is 4.90 Å². The van der Waals surface area contributed by atoms with Gasteiger partial charge in [0.05, 0.1) is 23.2 Å². The van der Waals surface area contributed by atoms with Gasteiger partial charge in [-0.25, -0.2) is 9.59 Å². The Morgan fingerprint density at radius 2 is 1.45 bits per heavy atom. The van der Waals surface area contributed by atoms with Crippen molar-refractivity contribution in [1.82, 2.24) is 19.6 Å². The maximum atomic E-state index is 13.0. The maximum Gasteiger partial charge on any atom is 0.409 e. The molecule has 53 heavy (non-hydrogen) atoms. The molecule has 4 amide bonds. The normalized spacial score (nSPS) is 19.6. The summed E-state index contributed by atoms with van der Waals surface area (Å²) in [5.41, 5.74) is 3.09. The number of anilines is 1. The third kappa shape index (κ3) is 10.9. The van der Waals surface area contributed by atoms with Crippen LogP contribution < -0.4 is 5.32 Å². The number of nitrogens with one attached hydrogen (secondary N) is 1. The number of methoxy groups -OCH3 is 2. The molecule has 4 aliphatic heterocycles. The standard InChI is InChI=1S/C23H32Br2N2O4.C16H21N3O3/c1-15(11-17-12-19(24)22(29)20(25)13-17)23(30)27-9-5-18(6-10-27)26-7-3-16(4-8-26)14-21(28)31-2;1-22-16(21)18-9-7-13(8-10-18)19-11-6-12-4-2-3-5-14(12)17-15(19)20/h12-13,15-16,18,29H,3-11,14H2,1-2H3;2-5,13H,6-11H2,1H3,(H,17,20)/t15-;/m1./s1. The molecule has 2 aromatic rings. The van der Waals surface area contributed by atoms with Crippen molar-refractivity contribution in [2.75, 3.05) is 65.3 Å². The van der Waals surface area contributed by atoms with Gasteiger partial charge in [0, 0.05) is 62.8 Å². The predicted molar refractivity (Wildman–Crippen MR) is 210 cm³/mol. The number of para-hydroxylation sites is 1. The highest BCUT2D eigenvalue weighted by Crippen LogP contribution is 2.34. The zero-order valence-corrected chi connectivity index (χ0v) is 34.2. The molecule has 6 rings (SSSR count). The first-order chi connectivity index (χ1) is 25.5. The first-order valence-electron chi connectivity index (χ1n) is 18.7. The van der Waals surface area contributed by atoms with Gasteiger partial charge >= 0.3 is 18.1 Å². The van der Waals surface area contributed by atoms with Crippen LogP contribution in [0.5, 0.6) is 5.75 Å². The van der Waals surface area contributed by atoms with Gasteiger partial charge in [-0.05, 0) is 132 Å². The average Bonchev–Trinajstić information content (AvgIpc) is 3.34. The number of hydrogen-bond donors (Lipinski definition) is 2. The fraction of sp³-hybridized carbons (Fsp3) is 0.590. The number of likely N-dealkylation sites (tertiary alicyclic amines) is 3. The van der Waals surface area contributed by atoms with E-state index in [9.17, 15) is 24.3 Å². The van der Waals surface area contributed by atoms with Gasteiger partial charge < -0.3 is 39.5 Å². The minimum absolute atomic E-state index is 0.0403. The molecular weight excluding hydrogens is 810 g/mol. The highest BCUT2D eigenvalue weighted by atomic mass is 79.9. The number of phenols is 1. The second-order valence-electron chi connectivity index (χ2n) is 14.5. The van der Waals surface area contributed by atoms with Crippen LogP contribution in [0.2, 0.25) is 0 Å². The molecule has 0 radical (unpaired) electrons. The second-order valence-corrected chi connectivity index (χ2v) is 16.3. The minimum Gasteiger partial charge on any atom is -0.506 e. The molecule has 4 heterocycles. The molecule has 14 heteroatoms. The molecule has 0 spiro atoms. The number of hydrogen-bond acceptors (Lipinski definition) is 8. The summed E-state index contributed by atoms with van der Waals surface area (Å²) in [6, 6.07) is 12.3. The number of halogens is 2. The van der Waals surface area contributed by atoms with E-state index < -0.39 is 0 Å². The van der Waals surface area contributed by atoms with Gasteiger partial charge in [-0.15, -0.1) is 0 Å². The lowest BCUT2D eigenvalue weighted by Crippen LogP contribution is -2.50. The van der Waals surface area contributed by atoms with E-state index in [1.807, 2.05) is 47.1 Å². The molecule has 3 saturated heterocycles. The van der Waals surface area contributed by atoms with Crippen LogP contribution in [0.3, 0.4) is 0 Å². The van der Waals surface area contributed by atoms with Crippen molar-refractivity contribution in [2.24, 2.45) is 11.8 Å². The van der Waals surface area contributed by atoms with Crippen molar-refractivity contribution in [3.63, 3.8) is 0 Å². The van der Waals surface area contributed by atoms with Gasteiger partial charge in [0.2, 0.25) is 5.91 Å². The Morgan fingerprint density at radius 3 is 2.08 bits per heavy atom. The van der Waals surface area contributed by atoms with E-state index in [-0.39, 0.29) is 41.7 Å². The Hall–Kier alpha value is -3.36. The fourth-order valence-electron chi connectivity index (χ4n) is 8.01. The van der Waals surface area contributed by atoms with Crippen LogP contribution in [0, 0.1) is 11.8 Å². The number of aromatic hydroxyl groups is 1. The van der Waals surface area contributed by atoms with Crippen molar-refractivity contribution in [3.8, 4) is 5.75 Å². The van der Waals surface area contributed by atoms with Crippen LogP contribution in [0.1, 0.15) is 63.0 Å². The smallest absolute Gasteiger partial charge is 0.409 e. The molecular formula is C39H53Br2N5O7. The molecule has 12 nitrogen and oxygen atoms in total. The molecule has 2 aromatic carbocycles. The van der Waals surface area contributed by atoms with Gasteiger partial charge in [0.25, 0.3) is 0 Å². The summed E-state index contributed by atoms with van der Waals surface area (Å²) in [6.45, 7) is 7.63. The van der Waals surface area contributed by atoms with Crippen molar-refractivity contribution in [2.45, 2.75) is 76.8 Å². The third-order valence-electron chi connectivity index (χ3n) is 11.1. The Balaban J connectivity index is 0.000000216. The Kier molecular flexibility index (Phi) is 14.9. The molecule has 3 fully saturated rings. The molecule has 0 bridgehead atoms. The lowest BCUT2D eigenvalue weighted by atomic mass is 9.91. The van der Waals surface area contributed by atoms with Crippen molar-refractivity contribution in [3.05, 3.63) is 56.5 Å². The quantitative estimate of drug-likeness (QED) is 0.296. The number of fused-ring (bicyclic) bond motifs is 1. The Labute approximate surface area is 329 Å². The number of rotatable bonds is 7. The van der Waals surface area contributed by atoms with Crippen LogP contribution in [0.15, 0.2) is 45.3 Å². The van der Waals surface area contributed by atoms with E-state index in [4.69, 9.17) is 9.47 Å². The van der Waals surface area contributed by atoms with Gasteiger partial charge in [-0.1, -0.05) is 25.1 Å². The van der Waals surface area contributed by atoms with Gasteiger partial charge in [-0.3, -0.25) is 9.59 Å². The van der Waals surface area contributed by atoms with Crippen molar-refractivity contribution >= 4 is 61.5 Å². The number of amides is 4. The minimum atomic E-state index is -0.286. The van der Waals surface area contributed by atoms with Crippen LogP contribution in [-0.4, -0.2) is 121 Å². The van der Waals surface area contributed by atoms with Gasteiger partial charge in [0.15, 0.2) is 0 Å². The zero-order chi connectivity index (χ0) is 38.1. The summed E-state index contributed by atoms with van der Waals surface area (Å²) < 4.78 is 10.8. The van der Waals surface area contributed by atoms with E-state index in [0.717, 1.165) is 82.4 Å². The molecule has 0 saturated carbocycles. The third-order valence-corrected chi connectivity index (χ3v) is 12.4. The van der Waals surface area contributed by atoms with Gasteiger partial charge in [0.1, 0.15) is 5.75 Å². The number of nitrogens with zero attached hydrogens (tertiary/aromatic N) is 4. The zero-order valence-electron chi connectivity index (χ0n) is 31.0. The Morgan fingerprint density at radius 1 is 0.849 bits per heavy atom. The molecule has 290 valence electrons. The van der Waals surface area contributed by atoms with Crippen LogP contribution in [0.4, 0.5) is 15.3 Å². The lowest BCUT2D eigenvalue weighted by molar-refractivity contribution is -0.142. The highest BCUT2D eigenvalue weighted by Gasteiger charge is 2.33.